The van der Waals surface area contributed by atoms with E-state index >= 15 is 0 Å². The lowest BCUT2D eigenvalue weighted by Gasteiger charge is -2.11. The number of nitriles is 1. The first-order valence-corrected chi connectivity index (χ1v) is 4.54. The van der Waals surface area contributed by atoms with Gasteiger partial charge in [0.15, 0.2) is 0 Å². The van der Waals surface area contributed by atoms with Gasteiger partial charge in [0.2, 0.25) is 5.91 Å². The first-order chi connectivity index (χ1) is 6.11. The molecule has 0 fully saturated rings. The minimum Gasteiger partial charge on any atom is -0.353 e. The number of nitrogens with zero attached hydrogens (tertiary/aromatic N) is 1. The maximum absolute atomic E-state index is 11.2. The molecule has 0 aromatic heterocycles. The number of hydrogen-bond donors (Lipinski definition) is 2. The van der Waals surface area contributed by atoms with Crippen molar-refractivity contribution in [3.63, 3.8) is 0 Å². The Bertz CT molecular complexity index is 198. The second-order valence-electron chi connectivity index (χ2n) is 3.17. The van der Waals surface area contributed by atoms with Crippen LogP contribution in [0.2, 0.25) is 0 Å². The van der Waals surface area contributed by atoms with Gasteiger partial charge >= 0.3 is 0 Å². The Morgan fingerprint density at radius 2 is 2.31 bits per heavy atom. The van der Waals surface area contributed by atoms with Crippen LogP contribution in [-0.4, -0.2) is 18.5 Å². The average Bonchev–Trinajstić information content (AvgIpc) is 2.13. The van der Waals surface area contributed by atoms with E-state index in [1.165, 1.54) is 0 Å². The van der Waals surface area contributed by atoms with Crippen molar-refractivity contribution >= 4 is 5.91 Å². The van der Waals surface area contributed by atoms with Crippen molar-refractivity contribution in [3.8, 4) is 6.07 Å². The van der Waals surface area contributed by atoms with Crippen molar-refractivity contribution < 1.29 is 4.79 Å². The molecule has 0 aliphatic carbocycles. The standard InChI is InChI=1S/C9H17N3O/c1-3-4-8(11)9(13)12-6-7(2)5-10/h7-8H,3-4,6,11H2,1-2H3,(H,12,13)/t7?,8-/m0/s1. The maximum Gasteiger partial charge on any atom is 0.236 e. The highest BCUT2D eigenvalue weighted by Crippen LogP contribution is 1.94. The van der Waals surface area contributed by atoms with Crippen LogP contribution in [-0.2, 0) is 4.79 Å². The Labute approximate surface area is 79.1 Å². The summed E-state index contributed by atoms with van der Waals surface area (Å²) in [7, 11) is 0. The molecular weight excluding hydrogens is 166 g/mol. The quantitative estimate of drug-likeness (QED) is 0.647. The number of hydrogen-bond acceptors (Lipinski definition) is 3. The topological polar surface area (TPSA) is 78.9 Å². The van der Waals surface area contributed by atoms with Crippen molar-refractivity contribution in [2.45, 2.75) is 32.7 Å². The van der Waals surface area contributed by atoms with Crippen molar-refractivity contribution in [2.24, 2.45) is 11.7 Å². The van der Waals surface area contributed by atoms with Crippen LogP contribution in [0, 0.1) is 17.2 Å². The maximum atomic E-state index is 11.2. The normalized spacial score (nSPS) is 14.3. The third-order valence-electron chi connectivity index (χ3n) is 1.74. The van der Waals surface area contributed by atoms with Crippen molar-refractivity contribution in [1.82, 2.24) is 5.32 Å². The zero-order valence-electron chi connectivity index (χ0n) is 8.21. The average molecular weight is 183 g/mol. The second kappa shape index (κ2) is 6.44. The Morgan fingerprint density at radius 1 is 1.69 bits per heavy atom. The molecule has 0 aliphatic rings. The van der Waals surface area contributed by atoms with E-state index in [1.54, 1.807) is 6.92 Å². The van der Waals surface area contributed by atoms with E-state index in [0.29, 0.717) is 13.0 Å². The molecular formula is C9H17N3O. The number of nitrogens with one attached hydrogen (secondary N) is 1. The highest BCUT2D eigenvalue weighted by atomic mass is 16.2. The summed E-state index contributed by atoms with van der Waals surface area (Å²) in [6.45, 7) is 4.11. The van der Waals surface area contributed by atoms with E-state index in [-0.39, 0.29) is 11.8 Å². The summed E-state index contributed by atoms with van der Waals surface area (Å²) >= 11 is 0. The monoisotopic (exact) mass is 183 g/mol. The van der Waals surface area contributed by atoms with Gasteiger partial charge in [-0.15, -0.1) is 0 Å². The van der Waals surface area contributed by atoms with Crippen LogP contribution in [0.25, 0.3) is 0 Å². The molecule has 0 aliphatic heterocycles. The van der Waals surface area contributed by atoms with Gasteiger partial charge in [-0.2, -0.15) is 5.26 Å². The number of rotatable bonds is 5. The van der Waals surface area contributed by atoms with Gasteiger partial charge in [-0.3, -0.25) is 4.79 Å². The van der Waals surface area contributed by atoms with E-state index in [0.717, 1.165) is 6.42 Å². The predicted octanol–water partition coefficient (Wildman–Crippen LogP) is 0.390. The molecule has 2 atom stereocenters. The van der Waals surface area contributed by atoms with Crippen LogP contribution in [0.15, 0.2) is 0 Å². The smallest absolute Gasteiger partial charge is 0.236 e. The number of amides is 1. The second-order valence-corrected chi connectivity index (χ2v) is 3.17. The first-order valence-electron chi connectivity index (χ1n) is 4.54. The fraction of sp³-hybridized carbons (Fsp3) is 0.778. The molecule has 0 saturated heterocycles. The molecule has 74 valence electrons. The van der Waals surface area contributed by atoms with Gasteiger partial charge in [0, 0.05) is 6.54 Å². The molecule has 0 spiro atoms. The summed E-state index contributed by atoms with van der Waals surface area (Å²) in [5.41, 5.74) is 5.56. The summed E-state index contributed by atoms with van der Waals surface area (Å²) < 4.78 is 0. The Kier molecular flexibility index (Phi) is 5.90. The van der Waals surface area contributed by atoms with E-state index < -0.39 is 6.04 Å². The highest BCUT2D eigenvalue weighted by molar-refractivity contribution is 5.81. The van der Waals surface area contributed by atoms with Gasteiger partial charge < -0.3 is 11.1 Å². The molecule has 0 saturated carbocycles. The molecule has 3 N–H and O–H groups in total. The molecule has 0 heterocycles. The van der Waals surface area contributed by atoms with Crippen LogP contribution < -0.4 is 11.1 Å². The molecule has 0 aromatic carbocycles. The predicted molar refractivity (Wildman–Crippen MR) is 50.7 cm³/mol. The molecule has 0 rings (SSSR count). The Morgan fingerprint density at radius 3 is 2.77 bits per heavy atom. The van der Waals surface area contributed by atoms with Crippen molar-refractivity contribution in [2.75, 3.05) is 6.54 Å². The van der Waals surface area contributed by atoms with Crippen molar-refractivity contribution in [3.05, 3.63) is 0 Å². The SMILES string of the molecule is CCC[C@H](N)C(=O)NCC(C)C#N. The summed E-state index contributed by atoms with van der Waals surface area (Å²) in [5, 5.41) is 11.1. The number of nitrogens with two attached hydrogens (primary N) is 1. The summed E-state index contributed by atoms with van der Waals surface area (Å²) in [5.74, 6) is -0.318. The highest BCUT2D eigenvalue weighted by Gasteiger charge is 2.12. The van der Waals surface area contributed by atoms with Gasteiger partial charge in [-0.25, -0.2) is 0 Å². The van der Waals surface area contributed by atoms with Crippen molar-refractivity contribution in [1.29, 1.82) is 5.26 Å². The third-order valence-corrected chi connectivity index (χ3v) is 1.74. The number of carbonyl (C=O) groups is 1. The fourth-order valence-electron chi connectivity index (χ4n) is 0.873. The van der Waals surface area contributed by atoms with Gasteiger partial charge in [-0.1, -0.05) is 13.3 Å². The lowest BCUT2D eigenvalue weighted by molar-refractivity contribution is -0.122. The molecule has 0 radical (unpaired) electrons. The van der Waals surface area contributed by atoms with Crippen LogP contribution in [0.3, 0.4) is 0 Å². The molecule has 13 heavy (non-hydrogen) atoms. The van der Waals surface area contributed by atoms with Crippen LogP contribution in [0.1, 0.15) is 26.7 Å². The van der Waals surface area contributed by atoms with Crippen LogP contribution >= 0.6 is 0 Å². The largest absolute Gasteiger partial charge is 0.353 e. The zero-order valence-corrected chi connectivity index (χ0v) is 8.21. The van der Waals surface area contributed by atoms with E-state index in [4.69, 9.17) is 11.0 Å². The Balaban J connectivity index is 3.69. The van der Waals surface area contributed by atoms with Gasteiger partial charge in [0.1, 0.15) is 0 Å². The molecule has 4 nitrogen and oxygen atoms in total. The minimum absolute atomic E-state index is 0.155. The molecule has 4 heteroatoms. The van der Waals surface area contributed by atoms with Gasteiger partial charge in [-0.05, 0) is 13.3 Å². The summed E-state index contributed by atoms with van der Waals surface area (Å²) in [6, 6.07) is 1.60. The molecule has 1 unspecified atom stereocenters. The minimum atomic E-state index is -0.434. The molecule has 0 aromatic rings. The molecule has 1 amide bonds. The molecule has 0 bridgehead atoms. The summed E-state index contributed by atoms with van der Waals surface area (Å²) in [6.07, 6.45) is 1.58. The van der Waals surface area contributed by atoms with E-state index in [2.05, 4.69) is 5.32 Å². The Hall–Kier alpha value is -1.08. The zero-order chi connectivity index (χ0) is 10.3. The number of carbonyl (C=O) groups excluding carboxylic acids is 1. The van der Waals surface area contributed by atoms with E-state index in [1.807, 2.05) is 13.0 Å². The first kappa shape index (κ1) is 11.9. The van der Waals surface area contributed by atoms with Gasteiger partial charge in [0.25, 0.3) is 0 Å². The van der Waals surface area contributed by atoms with Crippen LogP contribution in [0.5, 0.6) is 0 Å². The van der Waals surface area contributed by atoms with Crippen LogP contribution in [0.4, 0.5) is 0 Å². The van der Waals surface area contributed by atoms with Gasteiger partial charge in [0.05, 0.1) is 18.0 Å². The lowest BCUT2D eigenvalue weighted by atomic mass is 10.1. The fourth-order valence-corrected chi connectivity index (χ4v) is 0.873. The van der Waals surface area contributed by atoms with E-state index in [9.17, 15) is 4.79 Å². The lowest BCUT2D eigenvalue weighted by Crippen LogP contribution is -2.41. The third kappa shape index (κ3) is 5.21. The summed E-state index contributed by atoms with van der Waals surface area (Å²) in [4.78, 5) is 11.2.